The lowest BCUT2D eigenvalue weighted by atomic mass is 10.1. The van der Waals surface area contributed by atoms with Crippen molar-refractivity contribution < 1.29 is 19.1 Å². The van der Waals surface area contributed by atoms with Gasteiger partial charge in [0.2, 0.25) is 11.8 Å². The number of nitrogens with one attached hydrogen (secondary N) is 2. The second-order valence-electron chi connectivity index (χ2n) is 6.73. The van der Waals surface area contributed by atoms with Crippen LogP contribution in [0.3, 0.4) is 0 Å². The van der Waals surface area contributed by atoms with Crippen molar-refractivity contribution in [2.45, 2.75) is 46.4 Å². The van der Waals surface area contributed by atoms with Crippen LogP contribution < -0.4 is 15.5 Å². The fraction of sp³-hybridized carbons (Fsp3) is 0.421. The molecule has 2 unspecified atom stereocenters. The van der Waals surface area contributed by atoms with Crippen LogP contribution in [-0.2, 0) is 19.1 Å². The van der Waals surface area contributed by atoms with Crippen LogP contribution in [0.5, 0.6) is 0 Å². The molecule has 2 atom stereocenters. The van der Waals surface area contributed by atoms with Gasteiger partial charge in [0.15, 0.2) is 0 Å². The van der Waals surface area contributed by atoms with E-state index in [9.17, 15) is 14.4 Å². The van der Waals surface area contributed by atoms with Gasteiger partial charge in [0.1, 0.15) is 12.3 Å². The highest BCUT2D eigenvalue weighted by Crippen LogP contribution is 2.38. The number of ether oxygens (including phenoxy) is 1. The topological polar surface area (TPSA) is 87.7 Å². The molecule has 1 fully saturated rings. The van der Waals surface area contributed by atoms with E-state index in [1.807, 2.05) is 0 Å². The Morgan fingerprint density at radius 1 is 1.18 bits per heavy atom. The molecular formula is C19H23Cl2N3O4. The van der Waals surface area contributed by atoms with Gasteiger partial charge in [-0.3, -0.25) is 14.4 Å². The molecule has 0 spiro atoms. The van der Waals surface area contributed by atoms with E-state index in [4.69, 9.17) is 27.9 Å². The minimum Gasteiger partial charge on any atom is -0.373 e. The number of benzene rings is 1. The van der Waals surface area contributed by atoms with E-state index in [1.165, 1.54) is 19.2 Å². The third-order valence-corrected chi connectivity index (χ3v) is 5.00. The van der Waals surface area contributed by atoms with Gasteiger partial charge in [-0.1, -0.05) is 28.8 Å². The number of carbonyl (C=O) groups excluding carboxylic acids is 3. The predicted octanol–water partition coefficient (Wildman–Crippen LogP) is 3.50. The molecule has 1 saturated heterocycles. The van der Waals surface area contributed by atoms with Gasteiger partial charge in [0.25, 0.3) is 5.91 Å². The molecule has 0 aromatic heterocycles. The van der Waals surface area contributed by atoms with Crippen molar-refractivity contribution in [2.75, 3.05) is 17.3 Å². The normalized spacial score (nSPS) is 16.2. The minimum atomic E-state index is -0.651. The van der Waals surface area contributed by atoms with Gasteiger partial charge in [0.05, 0.1) is 27.8 Å². The summed E-state index contributed by atoms with van der Waals surface area (Å²) in [5.41, 5.74) is 1.83. The molecule has 0 bridgehead atoms. The van der Waals surface area contributed by atoms with E-state index < -0.39 is 18.2 Å². The maximum absolute atomic E-state index is 12.6. The number of carbonyl (C=O) groups is 3. The summed E-state index contributed by atoms with van der Waals surface area (Å²) < 4.78 is 5.01. The van der Waals surface area contributed by atoms with Gasteiger partial charge >= 0.3 is 0 Å². The van der Waals surface area contributed by atoms with E-state index in [0.717, 1.165) is 10.5 Å². The van der Waals surface area contributed by atoms with Crippen LogP contribution in [0.4, 0.5) is 11.4 Å². The van der Waals surface area contributed by atoms with Crippen molar-refractivity contribution in [1.82, 2.24) is 5.32 Å². The molecule has 1 aliphatic heterocycles. The standard InChI is InChI=1S/C19H23Cl2N3O4/c1-9(2)12-6-17(25)24(19(12)27)16-8-15(13(20)7-14(16)21)22-10(3)18(26)23-11(4)28-5/h7-8,10-11,22H,6H2,1-5H3,(H,23,26). The quantitative estimate of drug-likeness (QED) is 0.412. The van der Waals surface area contributed by atoms with Crippen LogP contribution in [0, 0.1) is 0 Å². The second-order valence-corrected chi connectivity index (χ2v) is 7.54. The SMILES string of the molecule is COC(C)NC(=O)C(C)Nc1cc(N2C(=O)CC(=C(C)C)C2=O)c(Cl)cc1Cl. The summed E-state index contributed by atoms with van der Waals surface area (Å²) in [4.78, 5) is 38.3. The largest absolute Gasteiger partial charge is 0.373 e. The lowest BCUT2D eigenvalue weighted by Crippen LogP contribution is -2.42. The van der Waals surface area contributed by atoms with Crippen molar-refractivity contribution in [3.63, 3.8) is 0 Å². The zero-order valence-corrected chi connectivity index (χ0v) is 17.9. The Bertz CT molecular complexity index is 850. The zero-order chi connectivity index (χ0) is 21.2. The van der Waals surface area contributed by atoms with Gasteiger partial charge in [-0.25, -0.2) is 4.90 Å². The van der Waals surface area contributed by atoms with Gasteiger partial charge < -0.3 is 15.4 Å². The third kappa shape index (κ3) is 4.66. The molecule has 152 valence electrons. The first-order chi connectivity index (χ1) is 13.1. The summed E-state index contributed by atoms with van der Waals surface area (Å²) in [6.07, 6.45) is -0.424. The molecule has 1 aromatic carbocycles. The Kier molecular flexibility index (Phi) is 7.09. The van der Waals surface area contributed by atoms with Crippen molar-refractivity contribution in [1.29, 1.82) is 0 Å². The van der Waals surface area contributed by atoms with Crippen LogP contribution in [0.15, 0.2) is 23.3 Å². The summed E-state index contributed by atoms with van der Waals surface area (Å²) >= 11 is 12.5. The number of amides is 3. The number of allylic oxidation sites excluding steroid dienone is 1. The first-order valence-electron chi connectivity index (χ1n) is 8.69. The molecule has 9 heteroatoms. The summed E-state index contributed by atoms with van der Waals surface area (Å²) in [6, 6.07) is 2.28. The zero-order valence-electron chi connectivity index (χ0n) is 16.4. The first-order valence-corrected chi connectivity index (χ1v) is 9.44. The molecule has 0 aliphatic carbocycles. The lowest BCUT2D eigenvalue weighted by Gasteiger charge is -2.21. The Morgan fingerprint density at radius 2 is 1.82 bits per heavy atom. The Balaban J connectivity index is 2.33. The maximum Gasteiger partial charge on any atom is 0.261 e. The van der Waals surface area contributed by atoms with E-state index >= 15 is 0 Å². The smallest absolute Gasteiger partial charge is 0.261 e. The maximum atomic E-state index is 12.6. The highest BCUT2D eigenvalue weighted by atomic mass is 35.5. The Morgan fingerprint density at radius 3 is 2.36 bits per heavy atom. The summed E-state index contributed by atoms with van der Waals surface area (Å²) in [5.74, 6) is -1.07. The van der Waals surface area contributed by atoms with Crippen molar-refractivity contribution in [3.8, 4) is 0 Å². The fourth-order valence-corrected chi connectivity index (χ4v) is 3.21. The summed E-state index contributed by atoms with van der Waals surface area (Å²) in [5, 5.41) is 6.06. The number of imide groups is 1. The molecule has 1 heterocycles. The Labute approximate surface area is 174 Å². The highest BCUT2D eigenvalue weighted by molar-refractivity contribution is 6.40. The average Bonchev–Trinajstić information content (AvgIpc) is 2.91. The van der Waals surface area contributed by atoms with Gasteiger partial charge in [-0.05, 0) is 39.8 Å². The Hall–Kier alpha value is -2.09. The fourth-order valence-electron chi connectivity index (χ4n) is 2.69. The molecule has 28 heavy (non-hydrogen) atoms. The van der Waals surface area contributed by atoms with Crippen LogP contribution in [0.2, 0.25) is 10.0 Å². The van der Waals surface area contributed by atoms with Crippen molar-refractivity contribution in [3.05, 3.63) is 33.3 Å². The van der Waals surface area contributed by atoms with Gasteiger partial charge in [0, 0.05) is 12.7 Å². The molecule has 7 nitrogen and oxygen atoms in total. The molecule has 2 N–H and O–H groups in total. The molecule has 2 rings (SSSR count). The van der Waals surface area contributed by atoms with Crippen LogP contribution in [0.1, 0.15) is 34.1 Å². The number of hydrogen-bond acceptors (Lipinski definition) is 5. The van der Waals surface area contributed by atoms with Crippen LogP contribution in [0.25, 0.3) is 0 Å². The van der Waals surface area contributed by atoms with Gasteiger partial charge in [-0.2, -0.15) is 0 Å². The predicted molar refractivity (Wildman–Crippen MR) is 110 cm³/mol. The monoisotopic (exact) mass is 427 g/mol. The average molecular weight is 428 g/mol. The molecule has 0 radical (unpaired) electrons. The minimum absolute atomic E-state index is 0.0244. The number of hydrogen-bond donors (Lipinski definition) is 2. The van der Waals surface area contributed by atoms with E-state index in [2.05, 4.69) is 10.6 Å². The van der Waals surface area contributed by atoms with Crippen LogP contribution in [-0.4, -0.2) is 37.1 Å². The molecule has 1 aliphatic rings. The summed E-state index contributed by atoms with van der Waals surface area (Å²) in [7, 11) is 1.48. The first kappa shape index (κ1) is 22.2. The second kappa shape index (κ2) is 8.94. The molecule has 1 aromatic rings. The molecular weight excluding hydrogens is 405 g/mol. The van der Waals surface area contributed by atoms with E-state index in [1.54, 1.807) is 27.7 Å². The van der Waals surface area contributed by atoms with Crippen molar-refractivity contribution in [2.24, 2.45) is 0 Å². The third-order valence-electron chi connectivity index (χ3n) is 4.38. The summed E-state index contributed by atoms with van der Waals surface area (Å²) in [6.45, 7) is 6.91. The number of nitrogens with zero attached hydrogens (tertiary/aromatic N) is 1. The number of methoxy groups -OCH3 is 1. The number of halogens is 2. The van der Waals surface area contributed by atoms with Crippen LogP contribution >= 0.6 is 23.2 Å². The number of rotatable bonds is 6. The van der Waals surface area contributed by atoms with E-state index in [0.29, 0.717) is 11.3 Å². The van der Waals surface area contributed by atoms with Crippen molar-refractivity contribution >= 4 is 52.3 Å². The highest BCUT2D eigenvalue weighted by Gasteiger charge is 2.37. The molecule has 3 amide bonds. The van der Waals surface area contributed by atoms with E-state index in [-0.39, 0.29) is 34.0 Å². The van der Waals surface area contributed by atoms with Gasteiger partial charge in [-0.15, -0.1) is 0 Å². The molecule has 0 saturated carbocycles. The lowest BCUT2D eigenvalue weighted by molar-refractivity contribution is -0.125. The number of anilines is 2.